The Balaban J connectivity index is 1.69. The molecule has 0 unspecified atom stereocenters. The van der Waals surface area contributed by atoms with Gasteiger partial charge in [-0.05, 0) is 53.6 Å². The first kappa shape index (κ1) is 21.3. The third-order valence-corrected chi connectivity index (χ3v) is 4.83. The molecule has 0 aliphatic carbocycles. The Kier molecular flexibility index (Phi) is 5.57. The summed E-state index contributed by atoms with van der Waals surface area (Å²) in [6, 6.07) is 18.2. The lowest BCUT2D eigenvalue weighted by Crippen LogP contribution is -2.15. The first-order valence-corrected chi connectivity index (χ1v) is 9.72. The molecule has 0 spiro atoms. The topological polar surface area (TPSA) is 145 Å². The lowest BCUT2D eigenvalue weighted by atomic mass is 10.0. The highest BCUT2D eigenvalue weighted by Crippen LogP contribution is 2.29. The maximum Gasteiger partial charge on any atom is 0.337 e. The van der Waals surface area contributed by atoms with Crippen molar-refractivity contribution in [3.05, 3.63) is 77.5 Å². The molecule has 1 aromatic heterocycles. The molecule has 0 aliphatic heterocycles. The molecule has 0 saturated heterocycles. The van der Waals surface area contributed by atoms with Crippen molar-refractivity contribution < 1.29 is 24.0 Å². The number of fused-ring (bicyclic) bond motifs is 1. The van der Waals surface area contributed by atoms with E-state index in [0.717, 1.165) is 11.1 Å². The molecular weight excluding hydrogens is 424 g/mol. The van der Waals surface area contributed by atoms with Gasteiger partial charge in [-0.2, -0.15) is 5.26 Å². The molecule has 0 bridgehead atoms. The zero-order valence-corrected chi connectivity index (χ0v) is 17.2. The van der Waals surface area contributed by atoms with Crippen molar-refractivity contribution >= 4 is 40.1 Å². The summed E-state index contributed by atoms with van der Waals surface area (Å²) >= 11 is 0. The number of nitrogens with one attached hydrogen (secondary N) is 2. The quantitative estimate of drug-likeness (QED) is 0.420. The first-order chi connectivity index (χ1) is 15.9. The van der Waals surface area contributed by atoms with E-state index in [1.165, 1.54) is 25.1 Å². The number of hydrogen-bond acceptors (Lipinski definition) is 6. The minimum Gasteiger partial charge on any atom is -0.478 e. The monoisotopic (exact) mass is 440 g/mol. The highest BCUT2D eigenvalue weighted by molar-refractivity contribution is 6.13. The Labute approximate surface area is 187 Å². The summed E-state index contributed by atoms with van der Waals surface area (Å²) in [6.45, 7) is 1.42. The second-order valence-corrected chi connectivity index (χ2v) is 7.14. The third-order valence-electron chi connectivity index (χ3n) is 4.83. The minimum absolute atomic E-state index is 0.0226. The lowest BCUT2D eigenvalue weighted by molar-refractivity contribution is -0.114. The zero-order chi connectivity index (χ0) is 23.5. The van der Waals surface area contributed by atoms with Gasteiger partial charge >= 0.3 is 5.97 Å². The van der Waals surface area contributed by atoms with Gasteiger partial charge in [0.05, 0.1) is 28.3 Å². The van der Waals surface area contributed by atoms with Crippen molar-refractivity contribution in [2.45, 2.75) is 6.92 Å². The van der Waals surface area contributed by atoms with Crippen LogP contribution in [0.4, 0.5) is 11.4 Å². The number of amides is 2. The third kappa shape index (κ3) is 4.40. The predicted molar refractivity (Wildman–Crippen MR) is 120 cm³/mol. The Morgan fingerprint density at radius 2 is 1.79 bits per heavy atom. The van der Waals surface area contributed by atoms with Gasteiger partial charge in [-0.1, -0.05) is 23.4 Å². The van der Waals surface area contributed by atoms with Gasteiger partial charge in [-0.15, -0.1) is 0 Å². The van der Waals surface area contributed by atoms with Crippen LogP contribution in [0.25, 0.3) is 22.1 Å². The number of rotatable bonds is 5. The van der Waals surface area contributed by atoms with E-state index in [1.807, 2.05) is 12.1 Å². The number of aromatic carboxylic acids is 1. The van der Waals surface area contributed by atoms with Gasteiger partial charge in [0.25, 0.3) is 5.91 Å². The van der Waals surface area contributed by atoms with Crippen LogP contribution in [-0.4, -0.2) is 28.0 Å². The van der Waals surface area contributed by atoms with E-state index in [4.69, 9.17) is 9.78 Å². The first-order valence-electron chi connectivity index (χ1n) is 9.72. The van der Waals surface area contributed by atoms with E-state index in [0.29, 0.717) is 16.7 Å². The lowest BCUT2D eigenvalue weighted by Gasteiger charge is -2.08. The second kappa shape index (κ2) is 8.64. The number of benzene rings is 3. The summed E-state index contributed by atoms with van der Waals surface area (Å²) < 4.78 is 5.26. The maximum absolute atomic E-state index is 12.9. The molecule has 4 rings (SSSR count). The number of nitrogens with zero attached hydrogens (tertiary/aromatic N) is 2. The number of carboxylic acid groups (broad SMARTS) is 1. The molecular formula is C24H16N4O5. The normalized spacial score (nSPS) is 10.4. The Morgan fingerprint density at radius 1 is 1.00 bits per heavy atom. The molecule has 3 N–H and O–H groups in total. The van der Waals surface area contributed by atoms with Gasteiger partial charge in [0.15, 0.2) is 11.3 Å². The highest BCUT2D eigenvalue weighted by atomic mass is 16.5. The largest absolute Gasteiger partial charge is 0.478 e. The van der Waals surface area contributed by atoms with Crippen LogP contribution in [0.3, 0.4) is 0 Å². The van der Waals surface area contributed by atoms with E-state index >= 15 is 0 Å². The van der Waals surface area contributed by atoms with Crippen LogP contribution in [0.5, 0.6) is 0 Å². The van der Waals surface area contributed by atoms with Gasteiger partial charge in [-0.25, -0.2) is 4.79 Å². The summed E-state index contributed by atoms with van der Waals surface area (Å²) in [7, 11) is 0. The molecule has 3 aromatic carbocycles. The summed E-state index contributed by atoms with van der Waals surface area (Å²) in [6.07, 6.45) is 0. The van der Waals surface area contributed by atoms with Crippen LogP contribution in [0.1, 0.15) is 33.3 Å². The highest BCUT2D eigenvalue weighted by Gasteiger charge is 2.20. The van der Waals surface area contributed by atoms with Crippen LogP contribution in [0.15, 0.2) is 65.2 Å². The summed E-state index contributed by atoms with van der Waals surface area (Å²) in [5, 5.41) is 27.9. The SMILES string of the molecule is CC(=O)Nc1cccc(-c2ccc3onc(C(=O)Nc4ccc(C#N)cc4C(=O)O)c3c2)c1. The molecule has 162 valence electrons. The van der Waals surface area contributed by atoms with E-state index < -0.39 is 11.9 Å². The number of nitriles is 1. The maximum atomic E-state index is 12.9. The fourth-order valence-electron chi connectivity index (χ4n) is 3.34. The average Bonchev–Trinajstić information content (AvgIpc) is 3.22. The van der Waals surface area contributed by atoms with Crippen LogP contribution >= 0.6 is 0 Å². The molecule has 33 heavy (non-hydrogen) atoms. The van der Waals surface area contributed by atoms with Crippen molar-refractivity contribution in [1.82, 2.24) is 5.16 Å². The zero-order valence-electron chi connectivity index (χ0n) is 17.2. The van der Waals surface area contributed by atoms with Crippen molar-refractivity contribution in [3.63, 3.8) is 0 Å². The van der Waals surface area contributed by atoms with Crippen molar-refractivity contribution in [1.29, 1.82) is 5.26 Å². The van der Waals surface area contributed by atoms with E-state index in [-0.39, 0.29) is 28.4 Å². The molecule has 0 radical (unpaired) electrons. The van der Waals surface area contributed by atoms with Crippen LogP contribution < -0.4 is 10.6 Å². The summed E-state index contributed by atoms with van der Waals surface area (Å²) in [5.41, 5.74) is 2.51. The average molecular weight is 440 g/mol. The van der Waals surface area contributed by atoms with Crippen LogP contribution in [0.2, 0.25) is 0 Å². The number of hydrogen-bond donors (Lipinski definition) is 3. The number of anilines is 2. The molecule has 9 nitrogen and oxygen atoms in total. The summed E-state index contributed by atoms with van der Waals surface area (Å²) in [5.74, 6) is -2.14. The smallest absolute Gasteiger partial charge is 0.337 e. The molecule has 0 fully saturated rings. The Bertz CT molecular complexity index is 1470. The number of aromatic nitrogens is 1. The number of carbonyl (C=O) groups is 3. The van der Waals surface area contributed by atoms with Gasteiger partial charge in [0.2, 0.25) is 5.91 Å². The molecule has 9 heteroatoms. The fraction of sp³-hybridized carbons (Fsp3) is 0.0417. The van der Waals surface area contributed by atoms with E-state index in [2.05, 4.69) is 15.8 Å². The van der Waals surface area contributed by atoms with Crippen LogP contribution in [0, 0.1) is 11.3 Å². The van der Waals surface area contributed by atoms with Gasteiger partial charge < -0.3 is 20.3 Å². The molecule has 0 atom stereocenters. The molecule has 2 amide bonds. The Hall–Kier alpha value is -4.97. The van der Waals surface area contributed by atoms with Gasteiger partial charge in [0.1, 0.15) is 0 Å². The minimum atomic E-state index is -1.28. The van der Waals surface area contributed by atoms with E-state index in [9.17, 15) is 19.5 Å². The van der Waals surface area contributed by atoms with Gasteiger partial charge in [0, 0.05) is 12.6 Å². The Morgan fingerprint density at radius 3 is 2.52 bits per heavy atom. The molecule has 4 aromatic rings. The molecule has 0 aliphatic rings. The van der Waals surface area contributed by atoms with Gasteiger partial charge in [-0.3, -0.25) is 9.59 Å². The van der Waals surface area contributed by atoms with Crippen molar-refractivity contribution in [2.24, 2.45) is 0 Å². The van der Waals surface area contributed by atoms with E-state index in [1.54, 1.807) is 36.4 Å². The number of carbonyl (C=O) groups excluding carboxylic acids is 2. The van der Waals surface area contributed by atoms with Crippen molar-refractivity contribution in [2.75, 3.05) is 10.6 Å². The van der Waals surface area contributed by atoms with Crippen LogP contribution in [-0.2, 0) is 4.79 Å². The predicted octanol–water partition coefficient (Wildman–Crippen LogP) is 4.28. The fourth-order valence-corrected chi connectivity index (χ4v) is 3.34. The number of carboxylic acids is 1. The van der Waals surface area contributed by atoms with Crippen molar-refractivity contribution in [3.8, 4) is 17.2 Å². The molecule has 1 heterocycles. The molecule has 0 saturated carbocycles. The standard InChI is InChI=1S/C24H16N4O5/c1-13(29)26-17-4-2-3-15(10-17)16-6-8-21-19(11-16)22(28-33-21)23(30)27-20-7-5-14(12-25)9-18(20)24(31)32/h2-11H,1H3,(H,26,29)(H,27,30)(H,31,32). The second-order valence-electron chi connectivity index (χ2n) is 7.14. The summed E-state index contributed by atoms with van der Waals surface area (Å²) in [4.78, 5) is 35.8.